The molecule has 0 radical (unpaired) electrons. The second-order valence-electron chi connectivity index (χ2n) is 6.62. The summed E-state index contributed by atoms with van der Waals surface area (Å²) in [4.78, 5) is 25.0. The maximum atomic E-state index is 12.9. The number of thiophene rings is 1. The zero-order valence-corrected chi connectivity index (χ0v) is 15.4. The molecule has 4 heterocycles. The van der Waals surface area contributed by atoms with Gasteiger partial charge in [-0.15, -0.1) is 11.3 Å². The van der Waals surface area contributed by atoms with Gasteiger partial charge in [0.05, 0.1) is 10.6 Å². The number of piperidine rings is 1. The lowest BCUT2D eigenvalue weighted by Gasteiger charge is -2.33. The Morgan fingerprint density at radius 1 is 1.32 bits per heavy atom. The normalized spacial score (nSPS) is 18.0. The van der Waals surface area contributed by atoms with Crippen LogP contribution in [0.5, 0.6) is 0 Å². The number of ketones is 1. The molecule has 3 aromatic heterocycles. The first-order valence-corrected chi connectivity index (χ1v) is 9.36. The third-order valence-corrected chi connectivity index (χ3v) is 5.81. The molecule has 1 fully saturated rings. The lowest BCUT2D eigenvalue weighted by molar-refractivity contribution is 0.0911. The Hall–Kier alpha value is -2.28. The van der Waals surface area contributed by atoms with Crippen LogP contribution in [0.15, 0.2) is 16.0 Å². The van der Waals surface area contributed by atoms with E-state index in [4.69, 9.17) is 4.52 Å². The number of rotatable bonds is 3. The first-order valence-electron chi connectivity index (χ1n) is 8.48. The Bertz CT molecular complexity index is 946. The molecule has 3 aromatic rings. The first kappa shape index (κ1) is 16.2. The number of carbonyl (C=O) groups is 1. The average Bonchev–Trinajstić information content (AvgIpc) is 3.19. The molecule has 25 heavy (non-hydrogen) atoms. The standard InChI is InChI=1S/C18H20N4O2S/c1-10-6-8-25-16(10)15(23)13-5-4-7-22(9-13)17-14-11(2)21-24-18(14)20-12(3)19-17/h6,8,13H,4-5,7,9H2,1-3H3/t13-/m1/s1. The highest BCUT2D eigenvalue weighted by Crippen LogP contribution is 2.32. The second-order valence-corrected chi connectivity index (χ2v) is 7.54. The van der Waals surface area contributed by atoms with E-state index < -0.39 is 0 Å². The monoisotopic (exact) mass is 356 g/mol. The van der Waals surface area contributed by atoms with Gasteiger partial charge in [-0.1, -0.05) is 5.16 Å². The fraction of sp³-hybridized carbons (Fsp3) is 0.444. The van der Waals surface area contributed by atoms with E-state index in [-0.39, 0.29) is 11.7 Å². The molecule has 0 unspecified atom stereocenters. The predicted octanol–water partition coefficient (Wildman–Crippen LogP) is 3.70. The largest absolute Gasteiger partial charge is 0.355 e. The molecule has 0 aliphatic carbocycles. The van der Waals surface area contributed by atoms with E-state index >= 15 is 0 Å². The highest BCUT2D eigenvalue weighted by Gasteiger charge is 2.30. The smallest absolute Gasteiger partial charge is 0.263 e. The fourth-order valence-electron chi connectivity index (χ4n) is 3.50. The highest BCUT2D eigenvalue weighted by atomic mass is 32.1. The summed E-state index contributed by atoms with van der Waals surface area (Å²) >= 11 is 1.54. The number of Topliss-reactive ketones (excluding diaryl/α,β-unsaturated/α-hetero) is 1. The molecule has 1 saturated heterocycles. The van der Waals surface area contributed by atoms with Crippen LogP contribution in [0.1, 0.15) is 39.6 Å². The number of aryl methyl sites for hydroxylation is 3. The summed E-state index contributed by atoms with van der Waals surface area (Å²) in [5.74, 6) is 1.74. The van der Waals surface area contributed by atoms with Crippen LogP contribution < -0.4 is 4.90 Å². The summed E-state index contributed by atoms with van der Waals surface area (Å²) < 4.78 is 5.32. The van der Waals surface area contributed by atoms with Crippen LogP contribution in [-0.2, 0) is 0 Å². The molecule has 130 valence electrons. The van der Waals surface area contributed by atoms with Crippen molar-refractivity contribution in [3.63, 3.8) is 0 Å². The van der Waals surface area contributed by atoms with E-state index in [1.165, 1.54) is 11.3 Å². The van der Waals surface area contributed by atoms with Crippen molar-refractivity contribution in [1.29, 1.82) is 0 Å². The molecule has 6 nitrogen and oxygen atoms in total. The molecule has 1 aliphatic rings. The molecule has 0 saturated carbocycles. The lowest BCUT2D eigenvalue weighted by Crippen LogP contribution is -2.39. The van der Waals surface area contributed by atoms with Gasteiger partial charge < -0.3 is 9.42 Å². The second kappa shape index (κ2) is 6.22. The molecule has 0 spiro atoms. The average molecular weight is 356 g/mol. The molecule has 4 rings (SSSR count). The van der Waals surface area contributed by atoms with Crippen molar-refractivity contribution in [3.05, 3.63) is 33.4 Å². The van der Waals surface area contributed by atoms with Crippen molar-refractivity contribution in [2.24, 2.45) is 5.92 Å². The molecule has 1 aliphatic heterocycles. The fourth-order valence-corrected chi connectivity index (χ4v) is 4.44. The summed E-state index contributed by atoms with van der Waals surface area (Å²) in [6, 6.07) is 2.01. The minimum atomic E-state index is -0.00316. The highest BCUT2D eigenvalue weighted by molar-refractivity contribution is 7.12. The van der Waals surface area contributed by atoms with Crippen LogP contribution in [0.25, 0.3) is 11.1 Å². The Kier molecular flexibility index (Phi) is 4.03. The van der Waals surface area contributed by atoms with Gasteiger partial charge in [-0.3, -0.25) is 4.79 Å². The zero-order valence-electron chi connectivity index (χ0n) is 14.6. The SMILES string of the molecule is Cc1nc(N2CCC[C@@H](C(=O)c3sccc3C)C2)c2c(C)noc2n1. The van der Waals surface area contributed by atoms with E-state index in [9.17, 15) is 4.79 Å². The third-order valence-electron chi connectivity index (χ3n) is 4.78. The summed E-state index contributed by atoms with van der Waals surface area (Å²) in [7, 11) is 0. The van der Waals surface area contributed by atoms with E-state index in [2.05, 4.69) is 20.0 Å². The summed E-state index contributed by atoms with van der Waals surface area (Å²) in [6.07, 6.45) is 1.89. The maximum Gasteiger partial charge on any atom is 0.263 e. The van der Waals surface area contributed by atoms with Gasteiger partial charge in [0, 0.05) is 19.0 Å². The van der Waals surface area contributed by atoms with Crippen LogP contribution in [-0.4, -0.2) is 34.0 Å². The number of carbonyl (C=O) groups excluding carboxylic acids is 1. The van der Waals surface area contributed by atoms with Crippen molar-refractivity contribution in [2.45, 2.75) is 33.6 Å². The van der Waals surface area contributed by atoms with Crippen molar-refractivity contribution < 1.29 is 9.32 Å². The van der Waals surface area contributed by atoms with Crippen LogP contribution in [0.3, 0.4) is 0 Å². The summed E-state index contributed by atoms with van der Waals surface area (Å²) in [5, 5.41) is 6.87. The summed E-state index contributed by atoms with van der Waals surface area (Å²) in [6.45, 7) is 7.30. The number of nitrogens with zero attached hydrogens (tertiary/aromatic N) is 4. The first-order chi connectivity index (χ1) is 12.0. The van der Waals surface area contributed by atoms with E-state index in [1.807, 2.05) is 32.2 Å². The topological polar surface area (TPSA) is 72.1 Å². The quantitative estimate of drug-likeness (QED) is 0.666. The molecule has 0 bridgehead atoms. The molecular weight excluding hydrogens is 336 g/mol. The molecule has 7 heteroatoms. The Labute approximate surface area is 149 Å². The molecule has 0 aromatic carbocycles. The van der Waals surface area contributed by atoms with Gasteiger partial charge in [-0.2, -0.15) is 4.98 Å². The number of anilines is 1. The molecule has 0 amide bonds. The minimum absolute atomic E-state index is 0.00316. The minimum Gasteiger partial charge on any atom is -0.355 e. The zero-order chi connectivity index (χ0) is 17.6. The molecule has 1 atom stereocenters. The van der Waals surface area contributed by atoms with Gasteiger partial charge in [0.15, 0.2) is 5.78 Å². The predicted molar refractivity (Wildman–Crippen MR) is 97.4 cm³/mol. The number of hydrogen-bond donors (Lipinski definition) is 0. The number of fused-ring (bicyclic) bond motifs is 1. The van der Waals surface area contributed by atoms with Gasteiger partial charge in [0.25, 0.3) is 5.71 Å². The van der Waals surface area contributed by atoms with E-state index in [0.717, 1.165) is 46.7 Å². The van der Waals surface area contributed by atoms with Gasteiger partial charge in [-0.25, -0.2) is 4.98 Å². The van der Waals surface area contributed by atoms with Crippen molar-refractivity contribution >= 4 is 34.0 Å². The Balaban J connectivity index is 1.67. The van der Waals surface area contributed by atoms with Crippen LogP contribution in [0, 0.1) is 26.7 Å². The Morgan fingerprint density at radius 3 is 2.92 bits per heavy atom. The van der Waals surface area contributed by atoms with Gasteiger partial charge in [-0.05, 0) is 50.6 Å². The van der Waals surface area contributed by atoms with Crippen LogP contribution >= 0.6 is 11.3 Å². The molecular formula is C18H20N4O2S. The van der Waals surface area contributed by atoms with Gasteiger partial charge in [0.2, 0.25) is 0 Å². The Morgan fingerprint density at radius 2 is 2.16 bits per heavy atom. The lowest BCUT2D eigenvalue weighted by atomic mass is 9.92. The number of hydrogen-bond acceptors (Lipinski definition) is 7. The van der Waals surface area contributed by atoms with E-state index in [1.54, 1.807) is 0 Å². The molecule has 0 N–H and O–H groups in total. The third kappa shape index (κ3) is 2.82. The van der Waals surface area contributed by atoms with Crippen molar-refractivity contribution in [3.8, 4) is 0 Å². The van der Waals surface area contributed by atoms with Crippen molar-refractivity contribution in [1.82, 2.24) is 15.1 Å². The number of aromatic nitrogens is 3. The van der Waals surface area contributed by atoms with Crippen molar-refractivity contribution in [2.75, 3.05) is 18.0 Å². The van der Waals surface area contributed by atoms with E-state index in [0.29, 0.717) is 18.1 Å². The summed E-state index contributed by atoms with van der Waals surface area (Å²) in [5.41, 5.74) is 2.37. The van der Waals surface area contributed by atoms with Crippen LogP contribution in [0.2, 0.25) is 0 Å². The van der Waals surface area contributed by atoms with Gasteiger partial charge >= 0.3 is 0 Å². The maximum absolute atomic E-state index is 12.9. The van der Waals surface area contributed by atoms with Crippen LogP contribution in [0.4, 0.5) is 5.82 Å². The van der Waals surface area contributed by atoms with Gasteiger partial charge in [0.1, 0.15) is 17.0 Å².